The van der Waals surface area contributed by atoms with Crippen LogP contribution in [-0.2, 0) is 19.7 Å². The van der Waals surface area contributed by atoms with Gasteiger partial charge in [-0.2, -0.15) is 0 Å². The first kappa shape index (κ1) is 15.2. The van der Waals surface area contributed by atoms with Gasteiger partial charge in [0, 0.05) is 13.7 Å². The van der Waals surface area contributed by atoms with Crippen LogP contribution >= 0.6 is 0 Å². The van der Waals surface area contributed by atoms with E-state index in [4.69, 9.17) is 4.74 Å². The smallest absolute Gasteiger partial charge is 0.315 e. The molecule has 2 N–H and O–H groups in total. The van der Waals surface area contributed by atoms with E-state index in [9.17, 15) is 14.7 Å². The Morgan fingerprint density at radius 3 is 2.42 bits per heavy atom. The third kappa shape index (κ3) is 3.54. The van der Waals surface area contributed by atoms with Gasteiger partial charge in [0.05, 0.1) is 0 Å². The molecule has 1 aromatic rings. The van der Waals surface area contributed by atoms with E-state index in [-0.39, 0.29) is 12.5 Å². The zero-order valence-electron chi connectivity index (χ0n) is 11.3. The van der Waals surface area contributed by atoms with Crippen LogP contribution in [0.5, 0.6) is 0 Å². The predicted octanol–water partition coefficient (Wildman–Crippen LogP) is 1.18. The summed E-state index contributed by atoms with van der Waals surface area (Å²) in [6.45, 7) is 3.21. The van der Waals surface area contributed by atoms with Crippen LogP contribution in [0.2, 0.25) is 0 Å². The van der Waals surface area contributed by atoms with Crippen LogP contribution in [0.3, 0.4) is 0 Å². The molecule has 0 radical (unpaired) electrons. The highest BCUT2D eigenvalue weighted by Gasteiger charge is 2.35. The van der Waals surface area contributed by atoms with Crippen molar-refractivity contribution in [2.24, 2.45) is 0 Å². The average molecular weight is 265 g/mol. The molecule has 1 aromatic carbocycles. The van der Waals surface area contributed by atoms with E-state index in [2.05, 4.69) is 5.32 Å². The second kappa shape index (κ2) is 6.33. The Balaban J connectivity index is 2.85. The molecule has 0 aliphatic carbocycles. The average Bonchev–Trinajstić information content (AvgIpc) is 2.44. The maximum atomic E-state index is 11.6. The van der Waals surface area contributed by atoms with Crippen molar-refractivity contribution in [3.63, 3.8) is 0 Å². The van der Waals surface area contributed by atoms with Crippen molar-refractivity contribution in [1.82, 2.24) is 5.32 Å². The van der Waals surface area contributed by atoms with Gasteiger partial charge in [0.15, 0.2) is 0 Å². The standard InChI is InChI=1S/C14H19NO4/c1-10(19-3)12(16)15-9-14(2,13(17)18)11-7-5-4-6-8-11/h4-8,10H,9H2,1-3H3,(H,15,16)(H,17,18). The van der Waals surface area contributed by atoms with Crippen molar-refractivity contribution in [2.75, 3.05) is 13.7 Å². The lowest BCUT2D eigenvalue weighted by Gasteiger charge is -2.26. The Kier molecular flexibility index (Phi) is 5.06. The zero-order chi connectivity index (χ0) is 14.5. The molecule has 0 bridgehead atoms. The van der Waals surface area contributed by atoms with Crippen molar-refractivity contribution in [2.45, 2.75) is 25.4 Å². The van der Waals surface area contributed by atoms with E-state index in [1.54, 1.807) is 38.1 Å². The highest BCUT2D eigenvalue weighted by Crippen LogP contribution is 2.23. The SMILES string of the molecule is COC(C)C(=O)NCC(C)(C(=O)O)c1ccccc1. The lowest BCUT2D eigenvalue weighted by molar-refractivity contribution is -0.143. The first-order valence-corrected chi connectivity index (χ1v) is 6.01. The summed E-state index contributed by atoms with van der Waals surface area (Å²) in [6, 6.07) is 8.84. The molecular weight excluding hydrogens is 246 g/mol. The van der Waals surface area contributed by atoms with Gasteiger partial charge in [-0.15, -0.1) is 0 Å². The van der Waals surface area contributed by atoms with Gasteiger partial charge in [0.25, 0.3) is 0 Å². The minimum atomic E-state index is -1.16. The van der Waals surface area contributed by atoms with Crippen LogP contribution in [0.25, 0.3) is 0 Å². The van der Waals surface area contributed by atoms with Gasteiger partial charge < -0.3 is 15.2 Å². The number of amides is 1. The molecule has 0 spiro atoms. The monoisotopic (exact) mass is 265 g/mol. The van der Waals surface area contributed by atoms with Crippen LogP contribution in [0.1, 0.15) is 19.4 Å². The van der Waals surface area contributed by atoms with Crippen LogP contribution in [-0.4, -0.2) is 36.7 Å². The lowest BCUT2D eigenvalue weighted by Crippen LogP contribution is -2.46. The molecule has 0 heterocycles. The first-order chi connectivity index (χ1) is 8.91. The van der Waals surface area contributed by atoms with E-state index in [1.807, 2.05) is 6.07 Å². The molecule has 0 aromatic heterocycles. The number of aliphatic carboxylic acids is 1. The van der Waals surface area contributed by atoms with Gasteiger partial charge in [-0.1, -0.05) is 30.3 Å². The third-order valence-electron chi connectivity index (χ3n) is 3.22. The Bertz CT molecular complexity index is 446. The molecule has 0 saturated carbocycles. The first-order valence-electron chi connectivity index (χ1n) is 6.01. The molecule has 1 rings (SSSR count). The van der Waals surface area contributed by atoms with Crippen molar-refractivity contribution in [3.05, 3.63) is 35.9 Å². The summed E-state index contributed by atoms with van der Waals surface area (Å²) in [7, 11) is 1.43. The fourth-order valence-electron chi connectivity index (χ4n) is 1.62. The summed E-state index contributed by atoms with van der Waals surface area (Å²) in [6.07, 6.45) is -0.603. The van der Waals surface area contributed by atoms with Gasteiger partial charge in [-0.05, 0) is 19.4 Å². The van der Waals surface area contributed by atoms with Gasteiger partial charge in [-0.25, -0.2) is 0 Å². The van der Waals surface area contributed by atoms with Crippen molar-refractivity contribution < 1.29 is 19.4 Å². The van der Waals surface area contributed by atoms with Crippen LogP contribution in [0.4, 0.5) is 0 Å². The molecular formula is C14H19NO4. The molecule has 0 aliphatic heterocycles. The molecule has 104 valence electrons. The Hall–Kier alpha value is -1.88. The van der Waals surface area contributed by atoms with E-state index in [1.165, 1.54) is 7.11 Å². The highest BCUT2D eigenvalue weighted by atomic mass is 16.5. The summed E-state index contributed by atoms with van der Waals surface area (Å²) in [5, 5.41) is 12.0. The van der Waals surface area contributed by atoms with Gasteiger partial charge in [0.2, 0.25) is 5.91 Å². The second-order valence-corrected chi connectivity index (χ2v) is 4.60. The maximum Gasteiger partial charge on any atom is 0.315 e. The van der Waals surface area contributed by atoms with E-state index in [0.717, 1.165) is 0 Å². The molecule has 5 nitrogen and oxygen atoms in total. The molecule has 0 fully saturated rings. The summed E-state index contributed by atoms with van der Waals surface area (Å²) in [4.78, 5) is 23.1. The highest BCUT2D eigenvalue weighted by molar-refractivity contribution is 5.84. The van der Waals surface area contributed by atoms with Crippen molar-refractivity contribution in [1.29, 1.82) is 0 Å². The molecule has 19 heavy (non-hydrogen) atoms. The number of nitrogens with one attached hydrogen (secondary N) is 1. The van der Waals surface area contributed by atoms with Crippen LogP contribution < -0.4 is 5.32 Å². The fraction of sp³-hybridized carbons (Fsp3) is 0.429. The number of methoxy groups -OCH3 is 1. The molecule has 0 saturated heterocycles. The topological polar surface area (TPSA) is 75.6 Å². The number of hydrogen-bond acceptors (Lipinski definition) is 3. The molecule has 1 amide bonds. The Morgan fingerprint density at radius 1 is 1.37 bits per heavy atom. The van der Waals surface area contributed by atoms with Crippen molar-refractivity contribution >= 4 is 11.9 Å². The minimum absolute atomic E-state index is 0.0128. The number of benzene rings is 1. The van der Waals surface area contributed by atoms with E-state index in [0.29, 0.717) is 5.56 Å². The third-order valence-corrected chi connectivity index (χ3v) is 3.22. The summed E-state index contributed by atoms with van der Waals surface area (Å²) in [5.74, 6) is -1.31. The minimum Gasteiger partial charge on any atom is -0.481 e. The number of carboxylic acids is 1. The van der Waals surface area contributed by atoms with Crippen LogP contribution in [0, 0.1) is 0 Å². The summed E-state index contributed by atoms with van der Waals surface area (Å²) in [5.41, 5.74) is -0.516. The molecule has 2 atom stereocenters. The normalized spacial score (nSPS) is 15.3. The Morgan fingerprint density at radius 2 is 1.95 bits per heavy atom. The number of carbonyl (C=O) groups excluding carboxylic acids is 1. The fourth-order valence-corrected chi connectivity index (χ4v) is 1.62. The summed E-state index contributed by atoms with van der Waals surface area (Å²) >= 11 is 0. The molecule has 2 unspecified atom stereocenters. The van der Waals surface area contributed by atoms with Gasteiger partial charge in [-0.3, -0.25) is 9.59 Å². The number of hydrogen-bond donors (Lipinski definition) is 2. The van der Waals surface area contributed by atoms with E-state index >= 15 is 0 Å². The maximum absolute atomic E-state index is 11.6. The van der Waals surface area contributed by atoms with E-state index < -0.39 is 17.5 Å². The number of carbonyl (C=O) groups is 2. The largest absolute Gasteiger partial charge is 0.481 e. The van der Waals surface area contributed by atoms with Gasteiger partial charge >= 0.3 is 5.97 Å². The van der Waals surface area contributed by atoms with Gasteiger partial charge in [0.1, 0.15) is 11.5 Å². The number of carboxylic acid groups (broad SMARTS) is 1. The number of ether oxygens (including phenoxy) is 1. The van der Waals surface area contributed by atoms with Crippen LogP contribution in [0.15, 0.2) is 30.3 Å². The zero-order valence-corrected chi connectivity index (χ0v) is 11.3. The molecule has 5 heteroatoms. The van der Waals surface area contributed by atoms with Crippen molar-refractivity contribution in [3.8, 4) is 0 Å². The molecule has 0 aliphatic rings. The second-order valence-electron chi connectivity index (χ2n) is 4.60. The predicted molar refractivity (Wildman–Crippen MR) is 70.9 cm³/mol. The number of rotatable bonds is 6. The Labute approximate surface area is 112 Å². The lowest BCUT2D eigenvalue weighted by atomic mass is 9.82. The quantitative estimate of drug-likeness (QED) is 0.810. The summed E-state index contributed by atoms with van der Waals surface area (Å²) < 4.78 is 4.88.